The predicted octanol–water partition coefficient (Wildman–Crippen LogP) is 1.94. The van der Waals surface area contributed by atoms with Crippen LogP contribution < -0.4 is 0 Å². The van der Waals surface area contributed by atoms with Crippen molar-refractivity contribution in [1.29, 1.82) is 0 Å². The van der Waals surface area contributed by atoms with Crippen molar-refractivity contribution in [3.63, 3.8) is 0 Å². The second-order valence-corrected chi connectivity index (χ2v) is 5.05. The molecule has 2 unspecified atom stereocenters. The summed E-state index contributed by atoms with van der Waals surface area (Å²) in [6, 6.07) is 0. The highest BCUT2D eigenvalue weighted by Gasteiger charge is 2.35. The Morgan fingerprint density at radius 3 is 2.40 bits per heavy atom. The minimum absolute atomic E-state index is 0.193. The van der Waals surface area contributed by atoms with Crippen molar-refractivity contribution in [2.75, 3.05) is 6.61 Å². The van der Waals surface area contributed by atoms with E-state index in [1.165, 1.54) is 13.3 Å². The van der Waals surface area contributed by atoms with E-state index in [9.17, 15) is 9.59 Å². The molecule has 2 saturated carbocycles. The van der Waals surface area contributed by atoms with Gasteiger partial charge < -0.3 is 4.74 Å². The topological polar surface area (TPSA) is 43.4 Å². The van der Waals surface area contributed by atoms with Crippen molar-refractivity contribution in [2.24, 2.45) is 17.8 Å². The summed E-state index contributed by atoms with van der Waals surface area (Å²) in [5.41, 5.74) is 0. The quantitative estimate of drug-likeness (QED) is 0.654. The monoisotopic (exact) mass is 210 g/mol. The Morgan fingerprint density at radius 1 is 1.27 bits per heavy atom. The van der Waals surface area contributed by atoms with Crippen LogP contribution in [0.5, 0.6) is 0 Å². The third kappa shape index (κ3) is 2.80. The standard InChI is InChI=1S/C12H18O3/c1-8(13)15-7-11-3-9-2-10(4-11)6-12(14)5-9/h9-11H,2-7H2,1H3. The van der Waals surface area contributed by atoms with Gasteiger partial charge in [-0.15, -0.1) is 0 Å². The summed E-state index contributed by atoms with van der Waals surface area (Å²) in [6.45, 7) is 2.00. The summed E-state index contributed by atoms with van der Waals surface area (Å²) in [5, 5.41) is 0. The largest absolute Gasteiger partial charge is 0.466 e. The van der Waals surface area contributed by atoms with Gasteiger partial charge in [-0.05, 0) is 37.0 Å². The Kier molecular flexibility index (Phi) is 3.08. The van der Waals surface area contributed by atoms with Crippen molar-refractivity contribution < 1.29 is 14.3 Å². The molecule has 2 bridgehead atoms. The van der Waals surface area contributed by atoms with E-state index in [1.54, 1.807) is 0 Å². The molecule has 0 aromatic rings. The van der Waals surface area contributed by atoms with Crippen LogP contribution in [0.15, 0.2) is 0 Å². The Hall–Kier alpha value is -0.860. The average Bonchev–Trinajstić information content (AvgIpc) is 2.12. The summed E-state index contributed by atoms with van der Waals surface area (Å²) in [7, 11) is 0. The van der Waals surface area contributed by atoms with Gasteiger partial charge in [-0.3, -0.25) is 9.59 Å². The summed E-state index contributed by atoms with van der Waals surface area (Å²) in [4.78, 5) is 22.1. The number of rotatable bonds is 2. The van der Waals surface area contributed by atoms with Crippen LogP contribution in [-0.2, 0) is 14.3 Å². The van der Waals surface area contributed by atoms with Crippen molar-refractivity contribution in [3.8, 4) is 0 Å². The molecule has 2 fully saturated rings. The van der Waals surface area contributed by atoms with Crippen LogP contribution in [0.3, 0.4) is 0 Å². The summed E-state index contributed by atoms with van der Waals surface area (Å²) in [5.74, 6) is 1.85. The molecule has 0 aromatic carbocycles. The molecule has 2 aliphatic rings. The Labute approximate surface area is 90.2 Å². The number of fused-ring (bicyclic) bond motifs is 2. The van der Waals surface area contributed by atoms with Crippen molar-refractivity contribution in [2.45, 2.75) is 39.0 Å². The van der Waals surface area contributed by atoms with Gasteiger partial charge in [0.15, 0.2) is 0 Å². The van der Waals surface area contributed by atoms with Crippen LogP contribution in [0.1, 0.15) is 39.0 Å². The first-order chi connectivity index (χ1) is 7.13. The highest BCUT2D eigenvalue weighted by atomic mass is 16.5. The first-order valence-electron chi connectivity index (χ1n) is 5.78. The van der Waals surface area contributed by atoms with Crippen LogP contribution >= 0.6 is 0 Å². The number of hydrogen-bond acceptors (Lipinski definition) is 3. The molecule has 2 atom stereocenters. The second-order valence-electron chi connectivity index (χ2n) is 5.05. The molecule has 0 saturated heterocycles. The lowest BCUT2D eigenvalue weighted by Gasteiger charge is -2.37. The molecule has 2 rings (SSSR count). The van der Waals surface area contributed by atoms with Crippen LogP contribution in [0.25, 0.3) is 0 Å². The van der Waals surface area contributed by atoms with Crippen molar-refractivity contribution in [3.05, 3.63) is 0 Å². The summed E-state index contributed by atoms with van der Waals surface area (Å²) in [6.07, 6.45) is 4.85. The molecular weight excluding hydrogens is 192 g/mol. The predicted molar refractivity (Wildman–Crippen MR) is 55.2 cm³/mol. The molecule has 2 aliphatic carbocycles. The molecular formula is C12H18O3. The van der Waals surface area contributed by atoms with E-state index in [0.29, 0.717) is 30.1 Å². The number of esters is 1. The first-order valence-corrected chi connectivity index (χ1v) is 5.78. The molecule has 0 N–H and O–H groups in total. The van der Waals surface area contributed by atoms with Gasteiger partial charge in [-0.2, -0.15) is 0 Å². The minimum atomic E-state index is -0.193. The van der Waals surface area contributed by atoms with Crippen LogP contribution in [0.4, 0.5) is 0 Å². The van der Waals surface area contributed by atoms with Gasteiger partial charge in [0, 0.05) is 19.8 Å². The van der Waals surface area contributed by atoms with E-state index in [-0.39, 0.29) is 5.97 Å². The molecule has 3 heteroatoms. The molecule has 0 aliphatic heterocycles. The van der Waals surface area contributed by atoms with E-state index < -0.39 is 0 Å². The Balaban J connectivity index is 1.85. The summed E-state index contributed by atoms with van der Waals surface area (Å²) < 4.78 is 5.05. The zero-order chi connectivity index (χ0) is 10.8. The zero-order valence-electron chi connectivity index (χ0n) is 9.20. The number of Topliss-reactive ketones (excluding diaryl/α,β-unsaturated/α-hetero) is 1. The van der Waals surface area contributed by atoms with Crippen molar-refractivity contribution in [1.82, 2.24) is 0 Å². The SMILES string of the molecule is CC(=O)OCC1CC2CC(=O)CC(C1)C2. The molecule has 15 heavy (non-hydrogen) atoms. The number of hydrogen-bond donors (Lipinski definition) is 0. The molecule has 84 valence electrons. The lowest BCUT2D eigenvalue weighted by molar-refractivity contribution is -0.143. The first kappa shape index (κ1) is 10.7. The maximum Gasteiger partial charge on any atom is 0.302 e. The highest BCUT2D eigenvalue weighted by molar-refractivity contribution is 5.79. The number of carbonyl (C=O) groups is 2. The van der Waals surface area contributed by atoms with Gasteiger partial charge in [0.1, 0.15) is 5.78 Å². The van der Waals surface area contributed by atoms with Gasteiger partial charge in [-0.25, -0.2) is 0 Å². The maximum absolute atomic E-state index is 11.4. The fourth-order valence-corrected chi connectivity index (χ4v) is 3.13. The minimum Gasteiger partial charge on any atom is -0.466 e. The third-order valence-electron chi connectivity index (χ3n) is 3.55. The highest BCUT2D eigenvalue weighted by Crippen LogP contribution is 2.41. The Morgan fingerprint density at radius 2 is 1.87 bits per heavy atom. The number of ketones is 1. The lowest BCUT2D eigenvalue weighted by Crippen LogP contribution is -2.33. The molecule has 0 spiro atoms. The van der Waals surface area contributed by atoms with Gasteiger partial charge >= 0.3 is 5.97 Å². The average molecular weight is 210 g/mol. The van der Waals surface area contributed by atoms with Gasteiger partial charge in [0.2, 0.25) is 0 Å². The summed E-state index contributed by atoms with van der Waals surface area (Å²) >= 11 is 0. The Bertz CT molecular complexity index is 256. The van der Waals surface area contributed by atoms with Crippen LogP contribution in [-0.4, -0.2) is 18.4 Å². The zero-order valence-corrected chi connectivity index (χ0v) is 9.20. The van der Waals surface area contributed by atoms with Gasteiger partial charge in [0.05, 0.1) is 6.61 Å². The normalized spacial score (nSPS) is 35.0. The van der Waals surface area contributed by atoms with Gasteiger partial charge in [-0.1, -0.05) is 0 Å². The van der Waals surface area contributed by atoms with Crippen molar-refractivity contribution >= 4 is 11.8 Å². The number of ether oxygens (including phenoxy) is 1. The fourth-order valence-electron chi connectivity index (χ4n) is 3.13. The maximum atomic E-state index is 11.4. The third-order valence-corrected chi connectivity index (χ3v) is 3.55. The van der Waals surface area contributed by atoms with E-state index in [2.05, 4.69) is 0 Å². The molecule has 0 amide bonds. The van der Waals surface area contributed by atoms with Gasteiger partial charge in [0.25, 0.3) is 0 Å². The van der Waals surface area contributed by atoms with E-state index in [0.717, 1.165) is 25.7 Å². The van der Waals surface area contributed by atoms with E-state index >= 15 is 0 Å². The lowest BCUT2D eigenvalue weighted by atomic mass is 9.68. The van der Waals surface area contributed by atoms with E-state index in [1.807, 2.05) is 0 Å². The molecule has 0 aromatic heterocycles. The van der Waals surface area contributed by atoms with E-state index in [4.69, 9.17) is 4.74 Å². The molecule has 0 heterocycles. The molecule has 0 radical (unpaired) electrons. The number of carbonyl (C=O) groups excluding carboxylic acids is 2. The fraction of sp³-hybridized carbons (Fsp3) is 0.833. The second kappa shape index (κ2) is 4.33. The smallest absolute Gasteiger partial charge is 0.302 e. The van der Waals surface area contributed by atoms with Crippen LogP contribution in [0.2, 0.25) is 0 Å². The molecule has 3 nitrogen and oxygen atoms in total. The van der Waals surface area contributed by atoms with Crippen LogP contribution in [0, 0.1) is 17.8 Å².